The van der Waals surface area contributed by atoms with Gasteiger partial charge in [-0.1, -0.05) is 71.9 Å². The Hall–Kier alpha value is -3.16. The van der Waals surface area contributed by atoms with Gasteiger partial charge in [0.15, 0.2) is 5.17 Å². The van der Waals surface area contributed by atoms with E-state index in [1.807, 2.05) is 30.3 Å². The van der Waals surface area contributed by atoms with Gasteiger partial charge in [-0.15, -0.1) is 0 Å². The molecule has 5 nitrogen and oxygen atoms in total. The zero-order valence-corrected chi connectivity index (χ0v) is 18.4. The molecule has 1 atom stereocenters. The van der Waals surface area contributed by atoms with E-state index in [1.165, 1.54) is 23.9 Å². The van der Waals surface area contributed by atoms with Crippen LogP contribution in [0, 0.1) is 5.82 Å². The van der Waals surface area contributed by atoms with E-state index in [9.17, 15) is 14.0 Å². The van der Waals surface area contributed by atoms with Crippen molar-refractivity contribution in [2.24, 2.45) is 4.99 Å². The van der Waals surface area contributed by atoms with Crippen LogP contribution in [0.2, 0.25) is 5.02 Å². The summed E-state index contributed by atoms with van der Waals surface area (Å²) in [6, 6.07) is 22.4. The molecule has 0 aromatic heterocycles. The number of hydrogen-bond acceptors (Lipinski definition) is 4. The molecule has 0 aliphatic carbocycles. The summed E-state index contributed by atoms with van der Waals surface area (Å²) in [6.45, 7) is 0.327. The molecule has 1 saturated heterocycles. The maximum atomic E-state index is 14.0. The van der Waals surface area contributed by atoms with Crippen LogP contribution in [-0.2, 0) is 16.1 Å². The normalized spacial score (nSPS) is 17.4. The van der Waals surface area contributed by atoms with Gasteiger partial charge in [0, 0.05) is 11.4 Å². The fourth-order valence-corrected chi connectivity index (χ4v) is 4.48. The monoisotopic (exact) mass is 467 g/mol. The number of amidine groups is 1. The fourth-order valence-electron chi connectivity index (χ4n) is 3.19. The molecule has 0 saturated carbocycles. The number of aliphatic imine (C=N–C) groups is 1. The molecule has 1 unspecified atom stereocenters. The van der Waals surface area contributed by atoms with Crippen molar-refractivity contribution in [3.8, 4) is 0 Å². The zero-order valence-electron chi connectivity index (χ0n) is 16.9. The Bertz CT molecular complexity index is 1170. The highest BCUT2D eigenvalue weighted by molar-refractivity contribution is 8.15. The van der Waals surface area contributed by atoms with E-state index < -0.39 is 17.0 Å². The molecule has 0 radical (unpaired) electrons. The van der Waals surface area contributed by atoms with Crippen LogP contribution in [0.4, 0.5) is 15.8 Å². The third-order valence-electron chi connectivity index (χ3n) is 4.78. The molecule has 4 rings (SSSR count). The number of nitrogens with zero attached hydrogens (tertiary/aromatic N) is 2. The number of halogens is 2. The summed E-state index contributed by atoms with van der Waals surface area (Å²) < 4.78 is 14.0. The summed E-state index contributed by atoms with van der Waals surface area (Å²) >= 11 is 7.26. The van der Waals surface area contributed by atoms with Crippen LogP contribution in [0.25, 0.3) is 0 Å². The molecule has 32 heavy (non-hydrogen) atoms. The molecule has 162 valence electrons. The SMILES string of the molecule is O=C(Nc1ccccc1F)C1CC(=O)N(Cc2ccccc2)C(=Nc2cccc(Cl)c2)S1. The molecule has 0 spiro atoms. The standard InChI is InChI=1S/C24H19ClFN3O2S/c25-17-9-6-10-18(13-17)27-24-29(15-16-7-2-1-3-8-16)22(30)14-21(32-24)23(31)28-20-12-5-4-11-19(20)26/h1-13,21H,14-15H2,(H,28,31). The van der Waals surface area contributed by atoms with Crippen LogP contribution in [0.1, 0.15) is 12.0 Å². The van der Waals surface area contributed by atoms with Crippen LogP contribution < -0.4 is 5.32 Å². The lowest BCUT2D eigenvalue weighted by Gasteiger charge is -2.32. The summed E-state index contributed by atoms with van der Waals surface area (Å²) in [7, 11) is 0. The van der Waals surface area contributed by atoms with Crippen molar-refractivity contribution in [1.29, 1.82) is 0 Å². The number of amides is 2. The molecule has 1 fully saturated rings. The van der Waals surface area contributed by atoms with Crippen molar-refractivity contribution in [2.45, 2.75) is 18.2 Å². The molecule has 3 aromatic carbocycles. The highest BCUT2D eigenvalue weighted by atomic mass is 35.5. The Morgan fingerprint density at radius 3 is 2.59 bits per heavy atom. The van der Waals surface area contributed by atoms with Crippen molar-refractivity contribution >= 4 is 51.7 Å². The van der Waals surface area contributed by atoms with Gasteiger partial charge in [0.1, 0.15) is 11.1 Å². The van der Waals surface area contributed by atoms with Gasteiger partial charge in [0.2, 0.25) is 11.8 Å². The van der Waals surface area contributed by atoms with E-state index in [0.717, 1.165) is 5.56 Å². The van der Waals surface area contributed by atoms with Crippen LogP contribution in [0.5, 0.6) is 0 Å². The number of anilines is 1. The number of benzene rings is 3. The number of rotatable bonds is 5. The van der Waals surface area contributed by atoms with Crippen LogP contribution >= 0.6 is 23.4 Å². The summed E-state index contributed by atoms with van der Waals surface area (Å²) in [4.78, 5) is 32.1. The first-order valence-corrected chi connectivity index (χ1v) is 11.2. The second-order valence-corrected chi connectivity index (χ2v) is 8.73. The van der Waals surface area contributed by atoms with Crippen molar-refractivity contribution in [2.75, 3.05) is 5.32 Å². The molecule has 1 aliphatic rings. The molecule has 1 heterocycles. The van der Waals surface area contributed by atoms with Crippen LogP contribution in [0.15, 0.2) is 83.9 Å². The largest absolute Gasteiger partial charge is 0.323 e. The highest BCUT2D eigenvalue weighted by Gasteiger charge is 2.36. The van der Waals surface area contributed by atoms with Gasteiger partial charge in [-0.05, 0) is 35.9 Å². The van der Waals surface area contributed by atoms with Crippen molar-refractivity contribution in [3.63, 3.8) is 0 Å². The molecule has 8 heteroatoms. The van der Waals surface area contributed by atoms with Gasteiger partial charge in [-0.3, -0.25) is 14.5 Å². The average molecular weight is 468 g/mol. The molecule has 1 aliphatic heterocycles. The Balaban J connectivity index is 1.61. The first-order valence-electron chi connectivity index (χ1n) is 9.90. The maximum Gasteiger partial charge on any atom is 0.238 e. The Labute approximate surface area is 194 Å². The second kappa shape index (κ2) is 9.97. The minimum Gasteiger partial charge on any atom is -0.323 e. The van der Waals surface area contributed by atoms with Gasteiger partial charge in [-0.25, -0.2) is 9.38 Å². The third-order valence-corrected chi connectivity index (χ3v) is 6.20. The predicted octanol–water partition coefficient (Wildman–Crippen LogP) is 5.64. The topological polar surface area (TPSA) is 61.8 Å². The van der Waals surface area contributed by atoms with E-state index >= 15 is 0 Å². The Morgan fingerprint density at radius 2 is 1.84 bits per heavy atom. The van der Waals surface area contributed by atoms with Crippen molar-refractivity contribution in [3.05, 3.63) is 95.3 Å². The van der Waals surface area contributed by atoms with E-state index in [4.69, 9.17) is 11.6 Å². The summed E-state index contributed by atoms with van der Waals surface area (Å²) in [5.74, 6) is -1.22. The third kappa shape index (κ3) is 5.36. The van der Waals surface area contributed by atoms with Crippen molar-refractivity contribution < 1.29 is 14.0 Å². The minimum atomic E-state index is -0.743. The molecule has 1 N–H and O–H groups in total. The predicted molar refractivity (Wildman–Crippen MR) is 127 cm³/mol. The van der Waals surface area contributed by atoms with Crippen LogP contribution in [0.3, 0.4) is 0 Å². The van der Waals surface area contributed by atoms with Gasteiger partial charge < -0.3 is 5.32 Å². The molecule has 3 aromatic rings. The van der Waals surface area contributed by atoms with E-state index in [-0.39, 0.29) is 18.0 Å². The quantitative estimate of drug-likeness (QED) is 0.528. The van der Waals surface area contributed by atoms with E-state index in [2.05, 4.69) is 10.3 Å². The first-order chi connectivity index (χ1) is 15.5. The smallest absolute Gasteiger partial charge is 0.238 e. The molecular formula is C24H19ClFN3O2S. The highest BCUT2D eigenvalue weighted by Crippen LogP contribution is 2.31. The summed E-state index contributed by atoms with van der Waals surface area (Å²) in [5.41, 5.74) is 1.58. The van der Waals surface area contributed by atoms with Gasteiger partial charge >= 0.3 is 0 Å². The number of carbonyl (C=O) groups is 2. The van der Waals surface area contributed by atoms with Crippen molar-refractivity contribution in [1.82, 2.24) is 4.90 Å². The molecule has 0 bridgehead atoms. The Morgan fingerprint density at radius 1 is 1.09 bits per heavy atom. The summed E-state index contributed by atoms with van der Waals surface area (Å²) in [6.07, 6.45) is -0.0215. The lowest BCUT2D eigenvalue weighted by Crippen LogP contribution is -2.44. The van der Waals surface area contributed by atoms with Gasteiger partial charge in [0.05, 0.1) is 17.9 Å². The first kappa shape index (κ1) is 22.0. The number of para-hydroxylation sites is 1. The molecular weight excluding hydrogens is 449 g/mol. The molecule has 2 amide bonds. The number of thioether (sulfide) groups is 1. The number of nitrogens with one attached hydrogen (secondary N) is 1. The summed E-state index contributed by atoms with van der Waals surface area (Å²) in [5, 5.41) is 2.74. The number of hydrogen-bond donors (Lipinski definition) is 1. The second-order valence-electron chi connectivity index (χ2n) is 7.12. The maximum absolute atomic E-state index is 14.0. The van der Waals surface area contributed by atoms with E-state index in [0.29, 0.717) is 22.4 Å². The minimum absolute atomic E-state index is 0.0215. The fraction of sp³-hybridized carbons (Fsp3) is 0.125. The van der Waals surface area contributed by atoms with Gasteiger partial charge in [-0.2, -0.15) is 0 Å². The van der Waals surface area contributed by atoms with Crippen LogP contribution in [-0.4, -0.2) is 27.1 Å². The lowest BCUT2D eigenvalue weighted by molar-refractivity contribution is -0.129. The number of carbonyl (C=O) groups excluding carboxylic acids is 2. The Kier molecular flexibility index (Phi) is 6.87. The average Bonchev–Trinajstić information content (AvgIpc) is 2.78. The zero-order chi connectivity index (χ0) is 22.5. The lowest BCUT2D eigenvalue weighted by atomic mass is 10.2. The van der Waals surface area contributed by atoms with E-state index in [1.54, 1.807) is 41.3 Å². The van der Waals surface area contributed by atoms with Gasteiger partial charge in [0.25, 0.3) is 0 Å².